The Kier molecular flexibility index (Phi) is 4.11. The maximum absolute atomic E-state index is 13.7. The van der Waals surface area contributed by atoms with E-state index in [1.54, 1.807) is 0 Å². The number of hydrogen-bond acceptors (Lipinski definition) is 3. The minimum atomic E-state index is -1.12. The number of carbonyl (C=O) groups is 1. The Balaban J connectivity index is 1.79. The number of benzene rings is 1. The predicted octanol–water partition coefficient (Wildman–Crippen LogP) is 3.68. The number of nitrogens with zero attached hydrogens (tertiary/aromatic N) is 1. The van der Waals surface area contributed by atoms with Gasteiger partial charge in [-0.2, -0.15) is 0 Å². The maximum Gasteiger partial charge on any atom is 0.273 e. The van der Waals surface area contributed by atoms with E-state index >= 15 is 0 Å². The fourth-order valence-electron chi connectivity index (χ4n) is 2.88. The average molecular weight is 324 g/mol. The molecule has 0 radical (unpaired) electrons. The van der Waals surface area contributed by atoms with Crippen molar-refractivity contribution in [3.05, 3.63) is 41.3 Å². The van der Waals surface area contributed by atoms with Crippen LogP contribution in [0.25, 0.3) is 11.3 Å². The lowest BCUT2D eigenvalue weighted by Gasteiger charge is -2.10. The summed E-state index contributed by atoms with van der Waals surface area (Å²) in [5.74, 6) is -3.43. The Labute approximate surface area is 130 Å². The molecule has 23 heavy (non-hydrogen) atoms. The summed E-state index contributed by atoms with van der Waals surface area (Å²) in [7, 11) is 0. The largest absolute Gasteiger partial charge is 0.355 e. The molecule has 1 saturated carbocycles. The molecule has 1 aromatic carbocycles. The van der Waals surface area contributed by atoms with Crippen molar-refractivity contribution in [1.82, 2.24) is 10.5 Å². The maximum atomic E-state index is 13.7. The zero-order valence-corrected chi connectivity index (χ0v) is 12.4. The van der Waals surface area contributed by atoms with Gasteiger partial charge in [0.25, 0.3) is 5.91 Å². The zero-order valence-electron chi connectivity index (χ0n) is 12.4. The van der Waals surface area contributed by atoms with Gasteiger partial charge in [-0.1, -0.05) is 12.1 Å². The molecular formula is C16H15F3N2O2. The lowest BCUT2D eigenvalue weighted by molar-refractivity contribution is 0.0928. The molecule has 1 aromatic heterocycles. The Bertz CT molecular complexity index is 722. The van der Waals surface area contributed by atoms with Gasteiger partial charge in [-0.05, 0) is 25.2 Å². The Morgan fingerprint density at radius 2 is 1.91 bits per heavy atom. The Morgan fingerprint density at radius 3 is 2.52 bits per heavy atom. The smallest absolute Gasteiger partial charge is 0.273 e. The normalized spacial score (nSPS) is 20.7. The Morgan fingerprint density at radius 1 is 1.22 bits per heavy atom. The van der Waals surface area contributed by atoms with E-state index in [1.165, 1.54) is 0 Å². The highest BCUT2D eigenvalue weighted by Gasteiger charge is 2.25. The number of aromatic nitrogens is 1. The van der Waals surface area contributed by atoms with Crippen molar-refractivity contribution < 1.29 is 22.5 Å². The van der Waals surface area contributed by atoms with Crippen LogP contribution in [0.2, 0.25) is 0 Å². The summed E-state index contributed by atoms with van der Waals surface area (Å²) < 4.78 is 45.2. The van der Waals surface area contributed by atoms with Crippen molar-refractivity contribution in [3.63, 3.8) is 0 Å². The highest BCUT2D eigenvalue weighted by Crippen LogP contribution is 2.28. The van der Waals surface area contributed by atoms with Gasteiger partial charge < -0.3 is 9.84 Å². The quantitative estimate of drug-likeness (QED) is 0.937. The van der Waals surface area contributed by atoms with Crippen LogP contribution < -0.4 is 5.32 Å². The van der Waals surface area contributed by atoms with Crippen molar-refractivity contribution in [2.24, 2.45) is 5.92 Å². The van der Waals surface area contributed by atoms with Crippen molar-refractivity contribution in [2.45, 2.75) is 32.2 Å². The molecule has 1 N–H and O–H groups in total. The SMILES string of the molecule is C[C@@H]1CC[C@@H](NC(=O)c2cc(-c3c(F)cc(F)cc3F)on2)C1. The zero-order chi connectivity index (χ0) is 16.6. The van der Waals surface area contributed by atoms with Crippen molar-refractivity contribution in [2.75, 3.05) is 0 Å². The van der Waals surface area contributed by atoms with E-state index in [0.717, 1.165) is 25.3 Å². The van der Waals surface area contributed by atoms with Gasteiger partial charge >= 0.3 is 0 Å². The van der Waals surface area contributed by atoms with Crippen LogP contribution in [-0.4, -0.2) is 17.1 Å². The van der Waals surface area contributed by atoms with Crippen LogP contribution in [0.3, 0.4) is 0 Å². The number of rotatable bonds is 3. The first-order valence-electron chi connectivity index (χ1n) is 7.36. The first kappa shape index (κ1) is 15.6. The van der Waals surface area contributed by atoms with Crippen LogP contribution >= 0.6 is 0 Å². The summed E-state index contributed by atoms with van der Waals surface area (Å²) in [6.07, 6.45) is 2.82. The van der Waals surface area contributed by atoms with E-state index in [0.29, 0.717) is 18.1 Å². The van der Waals surface area contributed by atoms with Crippen molar-refractivity contribution in [3.8, 4) is 11.3 Å². The first-order valence-corrected chi connectivity index (χ1v) is 7.36. The molecule has 122 valence electrons. The number of amides is 1. The molecule has 0 unspecified atom stereocenters. The molecule has 1 aliphatic carbocycles. The van der Waals surface area contributed by atoms with E-state index in [2.05, 4.69) is 17.4 Å². The molecule has 0 spiro atoms. The van der Waals surface area contributed by atoms with Gasteiger partial charge in [-0.25, -0.2) is 13.2 Å². The molecule has 0 saturated heterocycles. The topological polar surface area (TPSA) is 55.1 Å². The van der Waals surface area contributed by atoms with Gasteiger partial charge in [-0.15, -0.1) is 0 Å². The fourth-order valence-corrected chi connectivity index (χ4v) is 2.88. The number of carbonyl (C=O) groups excluding carboxylic acids is 1. The summed E-state index contributed by atoms with van der Waals surface area (Å²) in [6, 6.07) is 2.30. The van der Waals surface area contributed by atoms with Crippen LogP contribution in [0.4, 0.5) is 13.2 Å². The van der Waals surface area contributed by atoms with E-state index < -0.39 is 28.9 Å². The third kappa shape index (κ3) is 3.23. The first-order chi connectivity index (χ1) is 10.9. The van der Waals surface area contributed by atoms with E-state index in [-0.39, 0.29) is 17.5 Å². The summed E-state index contributed by atoms with van der Waals surface area (Å²) in [5, 5.41) is 6.36. The van der Waals surface area contributed by atoms with Gasteiger partial charge in [0.1, 0.15) is 17.5 Å². The summed E-state index contributed by atoms with van der Waals surface area (Å²) >= 11 is 0. The van der Waals surface area contributed by atoms with Gasteiger partial charge in [0.15, 0.2) is 11.5 Å². The lowest BCUT2D eigenvalue weighted by atomic mass is 10.1. The summed E-state index contributed by atoms with van der Waals surface area (Å²) in [5.41, 5.74) is -0.616. The lowest BCUT2D eigenvalue weighted by Crippen LogP contribution is -2.33. The standard InChI is InChI=1S/C16H15F3N2O2/c1-8-2-3-10(4-8)20-16(22)13-7-14(23-21-13)15-11(18)5-9(17)6-12(15)19/h5-8,10H,2-4H2,1H3,(H,20,22)/t8-,10-/m1/s1. The molecule has 2 aromatic rings. The molecule has 1 amide bonds. The van der Waals surface area contributed by atoms with Crippen LogP contribution in [-0.2, 0) is 0 Å². The summed E-state index contributed by atoms with van der Waals surface area (Å²) in [6.45, 7) is 2.11. The molecule has 1 aliphatic rings. The molecule has 0 bridgehead atoms. The van der Waals surface area contributed by atoms with E-state index in [9.17, 15) is 18.0 Å². The van der Waals surface area contributed by atoms with Crippen molar-refractivity contribution >= 4 is 5.91 Å². The van der Waals surface area contributed by atoms with Crippen molar-refractivity contribution in [1.29, 1.82) is 0 Å². The summed E-state index contributed by atoms with van der Waals surface area (Å²) in [4.78, 5) is 12.1. The van der Waals surface area contributed by atoms with Crippen LogP contribution in [0.5, 0.6) is 0 Å². The van der Waals surface area contributed by atoms with Gasteiger partial charge in [0, 0.05) is 24.2 Å². The number of halogens is 3. The van der Waals surface area contributed by atoms with Gasteiger partial charge in [0.05, 0.1) is 5.56 Å². The molecular weight excluding hydrogens is 309 g/mol. The van der Waals surface area contributed by atoms with E-state index in [4.69, 9.17) is 4.52 Å². The Hall–Kier alpha value is -2.31. The minimum Gasteiger partial charge on any atom is -0.355 e. The second-order valence-corrected chi connectivity index (χ2v) is 5.91. The second kappa shape index (κ2) is 6.06. The third-order valence-corrected chi connectivity index (χ3v) is 4.03. The monoisotopic (exact) mass is 324 g/mol. The minimum absolute atomic E-state index is 0.0666. The molecule has 0 aliphatic heterocycles. The van der Waals surface area contributed by atoms with Gasteiger partial charge in [0.2, 0.25) is 0 Å². The van der Waals surface area contributed by atoms with Crippen LogP contribution in [0.15, 0.2) is 22.7 Å². The molecule has 2 atom stereocenters. The van der Waals surface area contributed by atoms with Crippen LogP contribution in [0, 0.1) is 23.4 Å². The number of nitrogens with one attached hydrogen (secondary N) is 1. The second-order valence-electron chi connectivity index (χ2n) is 5.91. The fraction of sp³-hybridized carbons (Fsp3) is 0.375. The highest BCUT2D eigenvalue weighted by atomic mass is 19.1. The molecule has 1 heterocycles. The van der Waals surface area contributed by atoms with E-state index in [1.807, 2.05) is 0 Å². The molecule has 4 nitrogen and oxygen atoms in total. The van der Waals surface area contributed by atoms with Crippen LogP contribution in [0.1, 0.15) is 36.7 Å². The average Bonchev–Trinajstić information content (AvgIpc) is 3.07. The third-order valence-electron chi connectivity index (χ3n) is 4.03. The molecule has 3 rings (SSSR count). The van der Waals surface area contributed by atoms with Gasteiger partial charge in [-0.3, -0.25) is 4.79 Å². The predicted molar refractivity (Wildman–Crippen MR) is 76.1 cm³/mol. The molecule has 7 heteroatoms. The molecule has 1 fully saturated rings. The number of hydrogen-bond donors (Lipinski definition) is 1. The highest BCUT2D eigenvalue weighted by molar-refractivity contribution is 5.93.